The molecule has 0 radical (unpaired) electrons. The molecule has 2 aliphatic heterocycles. The fourth-order valence-corrected chi connectivity index (χ4v) is 3.83. The maximum Gasteiger partial charge on any atom is 0.273 e. The molecule has 2 atom stereocenters. The Morgan fingerprint density at radius 2 is 1.75 bits per heavy atom. The SMILES string of the molecule is O=C(CCn1[nH]c(=O)c2ccccc2c1=O)N1C[C@H]2CNC[C@H]2C1. The molecule has 0 bridgehead atoms. The van der Waals surface area contributed by atoms with Gasteiger partial charge < -0.3 is 10.2 Å². The smallest absolute Gasteiger partial charge is 0.273 e. The van der Waals surface area contributed by atoms with Gasteiger partial charge in [-0.2, -0.15) is 0 Å². The first-order chi connectivity index (χ1) is 11.6. The van der Waals surface area contributed by atoms with Crippen molar-refractivity contribution in [2.24, 2.45) is 11.8 Å². The maximum absolute atomic E-state index is 12.4. The van der Waals surface area contributed by atoms with E-state index in [4.69, 9.17) is 0 Å². The van der Waals surface area contributed by atoms with Gasteiger partial charge in [-0.3, -0.25) is 19.5 Å². The highest BCUT2D eigenvalue weighted by Crippen LogP contribution is 2.26. The predicted octanol–water partition coefficient (Wildman–Crippen LogP) is -0.242. The lowest BCUT2D eigenvalue weighted by molar-refractivity contribution is -0.130. The van der Waals surface area contributed by atoms with Gasteiger partial charge >= 0.3 is 0 Å². The number of carbonyl (C=O) groups excluding carboxylic acids is 1. The molecule has 7 heteroatoms. The molecule has 0 spiro atoms. The van der Waals surface area contributed by atoms with Gasteiger partial charge in [0.2, 0.25) is 5.91 Å². The number of likely N-dealkylation sites (tertiary alicyclic amines) is 1. The van der Waals surface area contributed by atoms with E-state index in [0.29, 0.717) is 22.6 Å². The molecule has 0 unspecified atom stereocenters. The molecule has 0 aliphatic carbocycles. The second-order valence-electron chi connectivity index (χ2n) is 6.67. The number of aromatic nitrogens is 2. The Morgan fingerprint density at radius 1 is 1.08 bits per heavy atom. The maximum atomic E-state index is 12.4. The van der Waals surface area contributed by atoms with Crippen molar-refractivity contribution in [2.75, 3.05) is 26.2 Å². The molecule has 1 amide bonds. The van der Waals surface area contributed by atoms with Crippen molar-refractivity contribution in [2.45, 2.75) is 13.0 Å². The van der Waals surface area contributed by atoms with Crippen LogP contribution in [0.2, 0.25) is 0 Å². The lowest BCUT2D eigenvalue weighted by Crippen LogP contribution is -2.35. The standard InChI is InChI=1S/C17H20N4O3/c22-15(20-9-11-7-18-8-12(11)10-20)5-6-21-17(24)14-4-2-1-3-13(14)16(23)19-21/h1-4,11-12,18H,5-10H2,(H,19,23)/t11-,12+. The summed E-state index contributed by atoms with van der Waals surface area (Å²) < 4.78 is 1.25. The molecule has 1 aromatic carbocycles. The molecule has 2 aliphatic rings. The third-order valence-electron chi connectivity index (χ3n) is 5.18. The Labute approximate surface area is 138 Å². The number of fused-ring (bicyclic) bond motifs is 2. The van der Waals surface area contributed by atoms with Crippen molar-refractivity contribution in [3.8, 4) is 0 Å². The van der Waals surface area contributed by atoms with Crippen LogP contribution < -0.4 is 16.4 Å². The van der Waals surface area contributed by atoms with E-state index >= 15 is 0 Å². The number of nitrogens with one attached hydrogen (secondary N) is 2. The highest BCUT2D eigenvalue weighted by molar-refractivity contribution is 5.80. The fourth-order valence-electron chi connectivity index (χ4n) is 3.83. The van der Waals surface area contributed by atoms with Crippen LogP contribution in [0, 0.1) is 11.8 Å². The van der Waals surface area contributed by atoms with Crippen molar-refractivity contribution in [1.29, 1.82) is 0 Å². The number of benzene rings is 1. The number of hydrogen-bond donors (Lipinski definition) is 2. The first kappa shape index (κ1) is 15.1. The Bertz CT molecular complexity index is 889. The summed E-state index contributed by atoms with van der Waals surface area (Å²) in [5.74, 6) is 1.15. The summed E-state index contributed by atoms with van der Waals surface area (Å²) in [7, 11) is 0. The minimum absolute atomic E-state index is 0.0466. The molecule has 4 rings (SSSR count). The Morgan fingerprint density at radius 3 is 2.46 bits per heavy atom. The lowest BCUT2D eigenvalue weighted by Gasteiger charge is -2.17. The number of hydrogen-bond acceptors (Lipinski definition) is 4. The van der Waals surface area contributed by atoms with E-state index in [-0.39, 0.29) is 30.0 Å². The summed E-state index contributed by atoms with van der Waals surface area (Å²) in [5.41, 5.74) is -0.570. The van der Waals surface area contributed by atoms with Crippen molar-refractivity contribution in [3.05, 3.63) is 45.0 Å². The van der Waals surface area contributed by atoms with Crippen LogP contribution >= 0.6 is 0 Å². The normalized spacial score (nSPS) is 22.9. The number of aryl methyl sites for hydroxylation is 1. The summed E-state index contributed by atoms with van der Waals surface area (Å²) in [6, 6.07) is 6.72. The molecule has 2 aromatic rings. The molecular formula is C17H20N4O3. The molecule has 0 saturated carbocycles. The van der Waals surface area contributed by atoms with Crippen molar-refractivity contribution >= 4 is 16.7 Å². The zero-order valence-electron chi connectivity index (χ0n) is 13.3. The van der Waals surface area contributed by atoms with E-state index in [0.717, 1.165) is 26.2 Å². The number of nitrogens with zero attached hydrogens (tertiary/aromatic N) is 2. The molecule has 7 nitrogen and oxygen atoms in total. The van der Waals surface area contributed by atoms with Crippen LogP contribution in [0.15, 0.2) is 33.9 Å². The number of carbonyl (C=O) groups is 1. The lowest BCUT2D eigenvalue weighted by atomic mass is 10.0. The van der Waals surface area contributed by atoms with Crippen LogP contribution in [0.1, 0.15) is 6.42 Å². The van der Waals surface area contributed by atoms with Gasteiger partial charge in [0, 0.05) is 32.6 Å². The highest BCUT2D eigenvalue weighted by atomic mass is 16.2. The van der Waals surface area contributed by atoms with Gasteiger partial charge in [0.1, 0.15) is 0 Å². The van der Waals surface area contributed by atoms with E-state index in [1.54, 1.807) is 24.3 Å². The minimum atomic E-state index is -0.306. The van der Waals surface area contributed by atoms with Crippen molar-refractivity contribution in [3.63, 3.8) is 0 Å². The zero-order chi connectivity index (χ0) is 16.7. The third-order valence-corrected chi connectivity index (χ3v) is 5.18. The summed E-state index contributed by atoms with van der Waals surface area (Å²) >= 11 is 0. The molecule has 2 saturated heterocycles. The summed E-state index contributed by atoms with van der Waals surface area (Å²) in [5, 5.41) is 6.69. The van der Waals surface area contributed by atoms with Crippen molar-refractivity contribution in [1.82, 2.24) is 20.0 Å². The Hall–Kier alpha value is -2.41. The van der Waals surface area contributed by atoms with E-state index in [9.17, 15) is 14.4 Å². The van der Waals surface area contributed by atoms with E-state index in [1.165, 1.54) is 4.68 Å². The first-order valence-corrected chi connectivity index (χ1v) is 8.34. The van der Waals surface area contributed by atoms with E-state index in [2.05, 4.69) is 10.4 Å². The second kappa shape index (κ2) is 5.90. The first-order valence-electron chi connectivity index (χ1n) is 8.34. The van der Waals surface area contributed by atoms with Gasteiger partial charge in [0.25, 0.3) is 11.1 Å². The summed E-state index contributed by atoms with van der Waals surface area (Å²) in [4.78, 5) is 38.8. The number of rotatable bonds is 3. The topological polar surface area (TPSA) is 87.2 Å². The van der Waals surface area contributed by atoms with Crippen LogP contribution in [-0.2, 0) is 11.3 Å². The van der Waals surface area contributed by atoms with Crippen LogP contribution in [0.25, 0.3) is 10.8 Å². The van der Waals surface area contributed by atoms with Gasteiger partial charge in [-0.1, -0.05) is 12.1 Å². The average Bonchev–Trinajstić information content (AvgIpc) is 3.18. The second-order valence-corrected chi connectivity index (χ2v) is 6.67. The summed E-state index contributed by atoms with van der Waals surface area (Å²) in [6.45, 7) is 3.74. The molecule has 1 aromatic heterocycles. The van der Waals surface area contributed by atoms with Gasteiger partial charge in [0.05, 0.1) is 17.3 Å². The minimum Gasteiger partial charge on any atom is -0.342 e. The Kier molecular flexibility index (Phi) is 3.72. The monoisotopic (exact) mass is 328 g/mol. The molecule has 3 heterocycles. The van der Waals surface area contributed by atoms with Gasteiger partial charge in [0.15, 0.2) is 0 Å². The average molecular weight is 328 g/mol. The number of aromatic amines is 1. The van der Waals surface area contributed by atoms with Gasteiger partial charge in [-0.05, 0) is 24.0 Å². The molecule has 24 heavy (non-hydrogen) atoms. The quantitative estimate of drug-likeness (QED) is 0.814. The zero-order valence-corrected chi connectivity index (χ0v) is 13.3. The third kappa shape index (κ3) is 2.54. The number of amides is 1. The molecule has 2 N–H and O–H groups in total. The largest absolute Gasteiger partial charge is 0.342 e. The van der Waals surface area contributed by atoms with Crippen LogP contribution in [0.4, 0.5) is 0 Å². The molecule has 2 fully saturated rings. The highest BCUT2D eigenvalue weighted by Gasteiger charge is 2.37. The van der Waals surface area contributed by atoms with Crippen LogP contribution in [0.5, 0.6) is 0 Å². The fraction of sp³-hybridized carbons (Fsp3) is 0.471. The summed E-state index contributed by atoms with van der Waals surface area (Å²) in [6.07, 6.45) is 0.223. The Balaban J connectivity index is 1.49. The van der Waals surface area contributed by atoms with Gasteiger partial charge in [-0.25, -0.2) is 4.68 Å². The van der Waals surface area contributed by atoms with E-state index in [1.807, 2.05) is 4.90 Å². The van der Waals surface area contributed by atoms with E-state index < -0.39 is 0 Å². The molecule has 126 valence electrons. The predicted molar refractivity (Wildman–Crippen MR) is 89.9 cm³/mol. The van der Waals surface area contributed by atoms with Gasteiger partial charge in [-0.15, -0.1) is 0 Å². The van der Waals surface area contributed by atoms with Crippen molar-refractivity contribution < 1.29 is 4.79 Å². The number of H-pyrrole nitrogens is 1. The van der Waals surface area contributed by atoms with Crippen LogP contribution in [0.3, 0.4) is 0 Å². The molecular weight excluding hydrogens is 308 g/mol. The van der Waals surface area contributed by atoms with Crippen LogP contribution in [-0.4, -0.2) is 46.8 Å².